The number of carbonyl (C=O) groups excluding carboxylic acids is 1. The number of nitrogens with zero attached hydrogens (tertiary/aromatic N) is 2. The molecule has 1 aliphatic rings. The molecule has 2 heterocycles. The van der Waals surface area contributed by atoms with Crippen LogP contribution in [0.2, 0.25) is 0 Å². The molecular weight excluding hydrogens is 288 g/mol. The molecule has 0 spiro atoms. The minimum atomic E-state index is -0.0225. The molecule has 0 aliphatic carbocycles. The molecule has 2 aromatic rings. The van der Waals surface area contributed by atoms with E-state index < -0.39 is 0 Å². The Morgan fingerprint density at radius 1 is 1.38 bits per heavy atom. The van der Waals surface area contributed by atoms with Crippen molar-refractivity contribution in [3.05, 3.63) is 48.3 Å². The molecule has 1 aliphatic heterocycles. The normalized spacial score (nSPS) is 17.2. The van der Waals surface area contributed by atoms with E-state index in [0.717, 1.165) is 18.7 Å². The Kier molecular flexibility index (Phi) is 5.36. The maximum Gasteiger partial charge on any atom is 0.251 e. The third-order valence-corrected chi connectivity index (χ3v) is 3.57. The summed E-state index contributed by atoms with van der Waals surface area (Å²) in [5.74, 6) is -0.0225. The summed E-state index contributed by atoms with van der Waals surface area (Å²) < 4.78 is 1.77. The van der Waals surface area contributed by atoms with Crippen molar-refractivity contribution in [2.45, 2.75) is 18.9 Å². The SMILES string of the molecule is Cl.O=C(NCC1CCCN1)c1ccc(-n2cccn2)cc1. The number of amides is 1. The zero-order chi connectivity index (χ0) is 13.8. The Morgan fingerprint density at radius 2 is 2.19 bits per heavy atom. The summed E-state index contributed by atoms with van der Waals surface area (Å²) in [6.07, 6.45) is 5.94. The predicted octanol–water partition coefficient (Wildman–Crippen LogP) is 1.78. The van der Waals surface area contributed by atoms with E-state index in [2.05, 4.69) is 15.7 Å². The van der Waals surface area contributed by atoms with Crippen LogP contribution in [0.4, 0.5) is 0 Å². The fourth-order valence-corrected chi connectivity index (χ4v) is 2.44. The van der Waals surface area contributed by atoms with Gasteiger partial charge in [-0.25, -0.2) is 4.68 Å². The van der Waals surface area contributed by atoms with E-state index in [-0.39, 0.29) is 18.3 Å². The molecule has 0 saturated carbocycles. The molecule has 1 aromatic carbocycles. The van der Waals surface area contributed by atoms with Crippen molar-refractivity contribution in [1.29, 1.82) is 0 Å². The minimum absolute atomic E-state index is 0. The number of hydrogen-bond acceptors (Lipinski definition) is 3. The molecule has 6 heteroatoms. The van der Waals surface area contributed by atoms with E-state index in [4.69, 9.17) is 0 Å². The van der Waals surface area contributed by atoms with E-state index in [1.54, 1.807) is 10.9 Å². The van der Waals surface area contributed by atoms with Gasteiger partial charge in [-0.05, 0) is 49.7 Å². The molecule has 0 bridgehead atoms. The molecule has 1 aromatic heterocycles. The van der Waals surface area contributed by atoms with Crippen LogP contribution < -0.4 is 10.6 Å². The highest BCUT2D eigenvalue weighted by Gasteiger charge is 2.15. The van der Waals surface area contributed by atoms with Crippen LogP contribution in [0, 0.1) is 0 Å². The number of nitrogens with one attached hydrogen (secondary N) is 2. The van der Waals surface area contributed by atoms with Gasteiger partial charge in [-0.15, -0.1) is 12.4 Å². The molecule has 1 amide bonds. The highest BCUT2D eigenvalue weighted by Crippen LogP contribution is 2.09. The summed E-state index contributed by atoms with van der Waals surface area (Å²) >= 11 is 0. The van der Waals surface area contributed by atoms with Gasteiger partial charge < -0.3 is 10.6 Å². The first-order valence-corrected chi connectivity index (χ1v) is 6.94. The van der Waals surface area contributed by atoms with Crippen molar-refractivity contribution in [2.75, 3.05) is 13.1 Å². The van der Waals surface area contributed by atoms with Gasteiger partial charge in [0.15, 0.2) is 0 Å². The molecule has 1 saturated heterocycles. The second kappa shape index (κ2) is 7.24. The number of rotatable bonds is 4. The van der Waals surface area contributed by atoms with Gasteiger partial charge in [0, 0.05) is 30.5 Å². The highest BCUT2D eigenvalue weighted by molar-refractivity contribution is 5.94. The third-order valence-electron chi connectivity index (χ3n) is 3.57. The summed E-state index contributed by atoms with van der Waals surface area (Å²) in [7, 11) is 0. The lowest BCUT2D eigenvalue weighted by Crippen LogP contribution is -2.37. The smallest absolute Gasteiger partial charge is 0.251 e. The van der Waals surface area contributed by atoms with Crippen molar-refractivity contribution in [3.63, 3.8) is 0 Å². The van der Waals surface area contributed by atoms with Crippen molar-refractivity contribution in [1.82, 2.24) is 20.4 Å². The Bertz CT molecular complexity index is 562. The van der Waals surface area contributed by atoms with Crippen LogP contribution in [0.25, 0.3) is 5.69 Å². The average Bonchev–Trinajstić information content (AvgIpc) is 3.18. The molecule has 1 fully saturated rings. The second-order valence-electron chi connectivity index (χ2n) is 5.00. The van der Waals surface area contributed by atoms with Gasteiger partial charge in [0.25, 0.3) is 5.91 Å². The number of carbonyl (C=O) groups is 1. The standard InChI is InChI=1S/C15H18N4O.ClH/c20-15(17-11-13-3-1-8-16-13)12-4-6-14(7-5-12)19-10-2-9-18-19;/h2,4-7,9-10,13,16H,1,3,8,11H2,(H,17,20);1H. The van der Waals surface area contributed by atoms with Crippen molar-refractivity contribution in [2.24, 2.45) is 0 Å². The maximum absolute atomic E-state index is 12.0. The minimum Gasteiger partial charge on any atom is -0.350 e. The molecule has 5 nitrogen and oxygen atoms in total. The summed E-state index contributed by atoms with van der Waals surface area (Å²) in [6, 6.07) is 9.74. The predicted molar refractivity (Wildman–Crippen MR) is 84.2 cm³/mol. The monoisotopic (exact) mass is 306 g/mol. The third kappa shape index (κ3) is 3.83. The van der Waals surface area contributed by atoms with Crippen molar-refractivity contribution >= 4 is 18.3 Å². The Morgan fingerprint density at radius 3 is 2.81 bits per heavy atom. The summed E-state index contributed by atoms with van der Waals surface area (Å²) in [6.45, 7) is 1.75. The fourth-order valence-electron chi connectivity index (χ4n) is 2.44. The zero-order valence-corrected chi connectivity index (χ0v) is 12.5. The lowest BCUT2D eigenvalue weighted by Gasteiger charge is -2.11. The fraction of sp³-hybridized carbons (Fsp3) is 0.333. The average molecular weight is 307 g/mol. The van der Waals surface area contributed by atoms with Crippen LogP contribution in [-0.2, 0) is 0 Å². The van der Waals surface area contributed by atoms with Gasteiger partial charge in [-0.2, -0.15) is 5.10 Å². The molecule has 3 rings (SSSR count). The van der Waals surface area contributed by atoms with Crippen LogP contribution in [0.5, 0.6) is 0 Å². The molecule has 1 unspecified atom stereocenters. The van der Waals surface area contributed by atoms with E-state index in [9.17, 15) is 4.79 Å². The van der Waals surface area contributed by atoms with Gasteiger partial charge in [0.05, 0.1) is 5.69 Å². The Balaban J connectivity index is 0.00000161. The highest BCUT2D eigenvalue weighted by atomic mass is 35.5. The topological polar surface area (TPSA) is 59.0 Å². The van der Waals surface area contributed by atoms with Crippen molar-refractivity contribution in [3.8, 4) is 5.69 Å². The largest absolute Gasteiger partial charge is 0.350 e. The molecule has 0 radical (unpaired) electrons. The van der Waals surface area contributed by atoms with E-state index in [0.29, 0.717) is 18.2 Å². The first-order valence-electron chi connectivity index (χ1n) is 6.94. The summed E-state index contributed by atoms with van der Waals surface area (Å²) in [5, 5.41) is 10.5. The Labute approximate surface area is 130 Å². The Hall–Kier alpha value is -1.85. The van der Waals surface area contributed by atoms with Gasteiger partial charge in [-0.1, -0.05) is 0 Å². The van der Waals surface area contributed by atoms with Gasteiger partial charge in [-0.3, -0.25) is 4.79 Å². The van der Waals surface area contributed by atoms with Gasteiger partial charge in [0.2, 0.25) is 0 Å². The van der Waals surface area contributed by atoms with Gasteiger partial charge in [0.1, 0.15) is 0 Å². The molecule has 1 atom stereocenters. The number of halogens is 1. The second-order valence-corrected chi connectivity index (χ2v) is 5.00. The van der Waals surface area contributed by atoms with Crippen molar-refractivity contribution < 1.29 is 4.79 Å². The maximum atomic E-state index is 12.0. The van der Waals surface area contributed by atoms with E-state index >= 15 is 0 Å². The van der Waals surface area contributed by atoms with Crippen LogP contribution in [0.1, 0.15) is 23.2 Å². The molecular formula is C15H19ClN4O. The molecule has 2 N–H and O–H groups in total. The number of aromatic nitrogens is 2. The van der Waals surface area contributed by atoms with Crippen LogP contribution in [-0.4, -0.2) is 34.8 Å². The zero-order valence-electron chi connectivity index (χ0n) is 11.7. The lowest BCUT2D eigenvalue weighted by molar-refractivity contribution is 0.0950. The number of hydrogen-bond donors (Lipinski definition) is 2. The van der Waals surface area contributed by atoms with E-state index in [1.807, 2.05) is 36.5 Å². The van der Waals surface area contributed by atoms with Gasteiger partial charge >= 0.3 is 0 Å². The van der Waals surface area contributed by atoms with Crippen LogP contribution >= 0.6 is 12.4 Å². The summed E-state index contributed by atoms with van der Waals surface area (Å²) in [5.41, 5.74) is 1.63. The van der Waals surface area contributed by atoms with E-state index in [1.165, 1.54) is 6.42 Å². The lowest BCUT2D eigenvalue weighted by atomic mass is 10.2. The van der Waals surface area contributed by atoms with Crippen LogP contribution in [0.3, 0.4) is 0 Å². The quantitative estimate of drug-likeness (QED) is 0.905. The first kappa shape index (κ1) is 15.5. The van der Waals surface area contributed by atoms with Crippen LogP contribution in [0.15, 0.2) is 42.7 Å². The number of benzene rings is 1. The first-order chi connectivity index (χ1) is 9.83. The molecule has 21 heavy (non-hydrogen) atoms. The summed E-state index contributed by atoms with van der Waals surface area (Å²) in [4.78, 5) is 12.0. The molecule has 112 valence electrons.